The molecule has 1 aromatic rings. The summed E-state index contributed by atoms with van der Waals surface area (Å²) < 4.78 is 5.82. The number of hydrogen-bond acceptors (Lipinski definition) is 2. The van der Waals surface area contributed by atoms with Gasteiger partial charge in [-0.15, -0.1) is 11.6 Å². The van der Waals surface area contributed by atoms with Crippen molar-refractivity contribution in [3.63, 3.8) is 0 Å². The molecule has 0 saturated heterocycles. The average molecular weight is 284 g/mol. The molecule has 2 unspecified atom stereocenters. The van der Waals surface area contributed by atoms with Gasteiger partial charge in [0.05, 0.1) is 12.0 Å². The van der Waals surface area contributed by atoms with Crippen LogP contribution < -0.4 is 0 Å². The van der Waals surface area contributed by atoms with Gasteiger partial charge in [0.1, 0.15) is 11.5 Å². The third-order valence-corrected chi connectivity index (χ3v) is 4.48. The molecular formula is C15H22ClNO2. The number of alkyl halides is 1. The number of carbonyl (C=O) groups is 1. The third kappa shape index (κ3) is 3.14. The molecular weight excluding hydrogens is 262 g/mol. The van der Waals surface area contributed by atoms with Gasteiger partial charge in [0.15, 0.2) is 0 Å². The average Bonchev–Trinajstić information content (AvgIpc) is 2.91. The van der Waals surface area contributed by atoms with E-state index in [1.807, 2.05) is 26.0 Å². The van der Waals surface area contributed by atoms with E-state index >= 15 is 0 Å². The number of hydrogen-bond donors (Lipinski definition) is 0. The minimum atomic E-state index is -0.531. The zero-order valence-corrected chi connectivity index (χ0v) is 12.8. The van der Waals surface area contributed by atoms with Gasteiger partial charge in [-0.3, -0.25) is 4.79 Å². The van der Waals surface area contributed by atoms with Crippen molar-refractivity contribution in [2.24, 2.45) is 11.3 Å². The molecule has 1 fully saturated rings. The molecule has 0 radical (unpaired) electrons. The first-order valence-corrected chi connectivity index (χ1v) is 7.28. The number of halogens is 1. The van der Waals surface area contributed by atoms with E-state index in [1.165, 1.54) is 6.42 Å². The SMILES string of the molecule is CC1CC1c1ccc(CN(C)C(=O)C(C)(C)CCl)o1. The van der Waals surface area contributed by atoms with Crippen LogP contribution in [0.25, 0.3) is 0 Å². The molecule has 0 N–H and O–H groups in total. The van der Waals surface area contributed by atoms with Crippen LogP contribution in [0.2, 0.25) is 0 Å². The molecule has 106 valence electrons. The van der Waals surface area contributed by atoms with Gasteiger partial charge in [-0.05, 0) is 38.3 Å². The molecule has 0 bridgehead atoms. The second kappa shape index (κ2) is 5.20. The van der Waals surface area contributed by atoms with Crippen LogP contribution in [0.3, 0.4) is 0 Å². The van der Waals surface area contributed by atoms with Crippen LogP contribution >= 0.6 is 11.6 Å². The Bertz CT molecular complexity index is 466. The largest absolute Gasteiger partial charge is 0.464 e. The van der Waals surface area contributed by atoms with Crippen LogP contribution in [0.5, 0.6) is 0 Å². The van der Waals surface area contributed by atoms with Gasteiger partial charge in [-0.2, -0.15) is 0 Å². The molecule has 1 amide bonds. The fraction of sp³-hybridized carbons (Fsp3) is 0.667. The first kappa shape index (κ1) is 14.4. The number of rotatable bonds is 5. The second-order valence-corrected chi connectivity index (χ2v) is 6.57. The summed E-state index contributed by atoms with van der Waals surface area (Å²) in [5.41, 5.74) is -0.531. The van der Waals surface area contributed by atoms with Gasteiger partial charge < -0.3 is 9.32 Å². The van der Waals surface area contributed by atoms with Crippen LogP contribution in [0, 0.1) is 11.3 Å². The van der Waals surface area contributed by atoms with E-state index in [1.54, 1.807) is 11.9 Å². The summed E-state index contributed by atoms with van der Waals surface area (Å²) in [6, 6.07) is 4.01. The molecule has 1 aliphatic carbocycles. The molecule has 1 heterocycles. The number of nitrogens with zero attached hydrogens (tertiary/aromatic N) is 1. The van der Waals surface area contributed by atoms with Gasteiger partial charge in [0.25, 0.3) is 0 Å². The summed E-state index contributed by atoms with van der Waals surface area (Å²) in [5.74, 6) is 3.57. The Balaban J connectivity index is 1.97. The zero-order valence-electron chi connectivity index (χ0n) is 12.1. The van der Waals surface area contributed by atoms with Crippen LogP contribution in [0.1, 0.15) is 44.6 Å². The fourth-order valence-corrected chi connectivity index (χ4v) is 2.39. The zero-order chi connectivity index (χ0) is 14.2. The monoisotopic (exact) mass is 283 g/mol. The molecule has 1 saturated carbocycles. The Hall–Kier alpha value is -0.960. The van der Waals surface area contributed by atoms with Crippen molar-refractivity contribution in [3.05, 3.63) is 23.7 Å². The molecule has 3 nitrogen and oxygen atoms in total. The first-order chi connectivity index (χ1) is 8.85. The number of amides is 1. The first-order valence-electron chi connectivity index (χ1n) is 6.75. The lowest BCUT2D eigenvalue weighted by atomic mass is 9.94. The quantitative estimate of drug-likeness (QED) is 0.773. The maximum atomic E-state index is 12.2. The number of carbonyl (C=O) groups excluding carboxylic acids is 1. The van der Waals surface area contributed by atoms with Crippen LogP contribution in [-0.2, 0) is 11.3 Å². The van der Waals surface area contributed by atoms with Crippen LogP contribution in [0.15, 0.2) is 16.5 Å². The molecule has 2 rings (SSSR count). The van der Waals surface area contributed by atoms with Crippen LogP contribution in [0.4, 0.5) is 0 Å². The minimum absolute atomic E-state index is 0.0419. The van der Waals surface area contributed by atoms with Crippen molar-refractivity contribution >= 4 is 17.5 Å². The highest BCUT2D eigenvalue weighted by molar-refractivity contribution is 6.19. The van der Waals surface area contributed by atoms with Gasteiger partial charge in [-0.1, -0.05) is 6.92 Å². The molecule has 2 atom stereocenters. The summed E-state index contributed by atoms with van der Waals surface area (Å²) in [6.45, 7) is 6.45. The summed E-state index contributed by atoms with van der Waals surface area (Å²) in [4.78, 5) is 13.9. The molecule has 4 heteroatoms. The van der Waals surface area contributed by atoms with E-state index in [-0.39, 0.29) is 5.91 Å². The summed E-state index contributed by atoms with van der Waals surface area (Å²) in [6.07, 6.45) is 1.21. The normalized spacial score (nSPS) is 22.4. The predicted octanol–water partition coefficient (Wildman–Crippen LogP) is 3.63. The highest BCUT2D eigenvalue weighted by atomic mass is 35.5. The van der Waals surface area contributed by atoms with Gasteiger partial charge in [0, 0.05) is 18.8 Å². The Kier molecular flexibility index (Phi) is 3.95. The van der Waals surface area contributed by atoms with E-state index in [4.69, 9.17) is 16.0 Å². The van der Waals surface area contributed by atoms with Gasteiger partial charge in [0.2, 0.25) is 5.91 Å². The summed E-state index contributed by atoms with van der Waals surface area (Å²) in [7, 11) is 1.79. The Morgan fingerprint density at radius 3 is 2.68 bits per heavy atom. The smallest absolute Gasteiger partial charge is 0.229 e. The lowest BCUT2D eigenvalue weighted by Crippen LogP contribution is -2.39. The fourth-order valence-electron chi connectivity index (χ4n) is 2.28. The molecule has 0 spiro atoms. The molecule has 0 aromatic carbocycles. The van der Waals surface area contributed by atoms with Gasteiger partial charge in [-0.25, -0.2) is 0 Å². The Labute approximate surface area is 119 Å². The van der Waals surface area contributed by atoms with Gasteiger partial charge >= 0.3 is 0 Å². The second-order valence-electron chi connectivity index (χ2n) is 6.30. The van der Waals surface area contributed by atoms with Crippen molar-refractivity contribution in [2.45, 2.75) is 39.7 Å². The Morgan fingerprint density at radius 2 is 2.16 bits per heavy atom. The van der Waals surface area contributed by atoms with Crippen molar-refractivity contribution in [2.75, 3.05) is 12.9 Å². The summed E-state index contributed by atoms with van der Waals surface area (Å²) in [5, 5.41) is 0. The summed E-state index contributed by atoms with van der Waals surface area (Å²) >= 11 is 5.83. The topological polar surface area (TPSA) is 33.5 Å². The van der Waals surface area contributed by atoms with Crippen molar-refractivity contribution in [1.82, 2.24) is 4.90 Å². The predicted molar refractivity (Wildman–Crippen MR) is 76.2 cm³/mol. The molecule has 1 aromatic heterocycles. The van der Waals surface area contributed by atoms with E-state index in [0.717, 1.165) is 17.4 Å². The lowest BCUT2D eigenvalue weighted by molar-refractivity contribution is -0.138. The number of furan rings is 1. The standard InChI is InChI=1S/C15H22ClNO2/c1-10-7-12(10)13-6-5-11(19-13)8-17(4)14(18)15(2,3)9-16/h5-6,10,12H,7-9H2,1-4H3. The highest BCUT2D eigenvalue weighted by Crippen LogP contribution is 2.47. The van der Waals surface area contributed by atoms with Crippen molar-refractivity contribution in [1.29, 1.82) is 0 Å². The lowest BCUT2D eigenvalue weighted by Gasteiger charge is -2.26. The van der Waals surface area contributed by atoms with E-state index in [0.29, 0.717) is 18.3 Å². The van der Waals surface area contributed by atoms with E-state index in [2.05, 4.69) is 6.92 Å². The minimum Gasteiger partial charge on any atom is -0.464 e. The van der Waals surface area contributed by atoms with E-state index < -0.39 is 5.41 Å². The third-order valence-electron chi connectivity index (χ3n) is 3.81. The van der Waals surface area contributed by atoms with Crippen LogP contribution in [-0.4, -0.2) is 23.7 Å². The van der Waals surface area contributed by atoms with Crippen molar-refractivity contribution < 1.29 is 9.21 Å². The maximum Gasteiger partial charge on any atom is 0.229 e. The van der Waals surface area contributed by atoms with Crippen molar-refractivity contribution in [3.8, 4) is 0 Å². The highest BCUT2D eigenvalue weighted by Gasteiger charge is 2.37. The van der Waals surface area contributed by atoms with E-state index in [9.17, 15) is 4.79 Å². The maximum absolute atomic E-state index is 12.2. The molecule has 1 aliphatic rings. The Morgan fingerprint density at radius 1 is 1.53 bits per heavy atom. The molecule has 0 aliphatic heterocycles. The molecule has 19 heavy (non-hydrogen) atoms.